The molecular weight excluding hydrogens is 397 g/mol. The lowest BCUT2D eigenvalue weighted by molar-refractivity contribution is 0.566. The van der Waals surface area contributed by atoms with Crippen LogP contribution < -0.4 is 4.72 Å². The van der Waals surface area contributed by atoms with Gasteiger partial charge in [-0.05, 0) is 40.2 Å². The third-order valence-corrected chi connectivity index (χ3v) is 5.41. The van der Waals surface area contributed by atoms with Crippen LogP contribution in [0.4, 0.5) is 10.1 Å². The number of anilines is 1. The maximum atomic E-state index is 14.1. The van der Waals surface area contributed by atoms with Crippen molar-refractivity contribution in [2.75, 3.05) is 4.72 Å². The van der Waals surface area contributed by atoms with E-state index in [4.69, 9.17) is 0 Å². The van der Waals surface area contributed by atoms with E-state index in [1.165, 1.54) is 18.2 Å². The SMILES string of the molecule is Cn1ccnc1-c1cccc(NS(=O)(=O)c2cccc(Br)c2F)c1. The monoisotopic (exact) mass is 409 g/mol. The van der Waals surface area contributed by atoms with Gasteiger partial charge in [0.1, 0.15) is 10.7 Å². The number of halogens is 2. The van der Waals surface area contributed by atoms with Gasteiger partial charge in [0.2, 0.25) is 0 Å². The molecule has 0 fully saturated rings. The van der Waals surface area contributed by atoms with Crippen LogP contribution in [0.3, 0.4) is 0 Å². The molecule has 0 saturated carbocycles. The Bertz CT molecular complexity index is 1000. The zero-order valence-corrected chi connectivity index (χ0v) is 15.0. The molecule has 5 nitrogen and oxygen atoms in total. The summed E-state index contributed by atoms with van der Waals surface area (Å²) in [6.45, 7) is 0. The Hall–Kier alpha value is -2.19. The van der Waals surface area contributed by atoms with Crippen molar-refractivity contribution in [2.45, 2.75) is 4.90 Å². The topological polar surface area (TPSA) is 64.0 Å². The van der Waals surface area contributed by atoms with Gasteiger partial charge < -0.3 is 4.57 Å². The number of imidazole rings is 1. The van der Waals surface area contributed by atoms with Gasteiger partial charge in [0.15, 0.2) is 5.82 Å². The molecule has 2 aromatic carbocycles. The summed E-state index contributed by atoms with van der Waals surface area (Å²) in [5, 5.41) is 0. The molecule has 124 valence electrons. The molecule has 0 aliphatic rings. The molecule has 0 aliphatic heterocycles. The zero-order valence-electron chi connectivity index (χ0n) is 12.6. The van der Waals surface area contributed by atoms with E-state index in [9.17, 15) is 12.8 Å². The van der Waals surface area contributed by atoms with Gasteiger partial charge in [0.25, 0.3) is 10.0 Å². The van der Waals surface area contributed by atoms with E-state index < -0.39 is 20.7 Å². The number of hydrogen-bond donors (Lipinski definition) is 1. The molecule has 0 amide bonds. The molecule has 3 aromatic rings. The second-order valence-electron chi connectivity index (χ2n) is 5.10. The van der Waals surface area contributed by atoms with Crippen molar-refractivity contribution >= 4 is 31.6 Å². The first kappa shape index (κ1) is 16.7. The molecule has 0 atom stereocenters. The Morgan fingerprint density at radius 2 is 1.96 bits per heavy atom. The minimum atomic E-state index is -4.04. The molecule has 1 aromatic heterocycles. The van der Waals surface area contributed by atoms with E-state index >= 15 is 0 Å². The quantitative estimate of drug-likeness (QED) is 0.712. The van der Waals surface area contributed by atoms with Crippen LogP contribution in [0, 0.1) is 5.82 Å². The van der Waals surface area contributed by atoms with Crippen LogP contribution in [0.5, 0.6) is 0 Å². The molecule has 24 heavy (non-hydrogen) atoms. The van der Waals surface area contributed by atoms with E-state index in [1.807, 2.05) is 17.7 Å². The highest BCUT2D eigenvalue weighted by molar-refractivity contribution is 9.10. The van der Waals surface area contributed by atoms with E-state index in [2.05, 4.69) is 25.6 Å². The first-order valence-corrected chi connectivity index (χ1v) is 9.21. The van der Waals surface area contributed by atoms with E-state index in [-0.39, 0.29) is 4.47 Å². The van der Waals surface area contributed by atoms with Crippen molar-refractivity contribution in [3.8, 4) is 11.4 Å². The Balaban J connectivity index is 1.96. The molecule has 0 aliphatic carbocycles. The summed E-state index contributed by atoms with van der Waals surface area (Å²) in [6, 6.07) is 10.9. The maximum Gasteiger partial charge on any atom is 0.264 e. The van der Waals surface area contributed by atoms with Gasteiger partial charge in [-0.3, -0.25) is 4.72 Å². The van der Waals surface area contributed by atoms with Crippen LogP contribution in [0.15, 0.2) is 64.2 Å². The second kappa shape index (κ2) is 6.37. The standard InChI is InChI=1S/C16H13BrFN3O2S/c1-21-9-8-19-16(21)11-4-2-5-12(10-11)20-24(22,23)14-7-3-6-13(17)15(14)18/h2-10,20H,1H3. The summed E-state index contributed by atoms with van der Waals surface area (Å²) in [6.07, 6.45) is 3.45. The molecule has 8 heteroatoms. The lowest BCUT2D eigenvalue weighted by atomic mass is 10.2. The van der Waals surface area contributed by atoms with Gasteiger partial charge in [-0.2, -0.15) is 0 Å². The predicted molar refractivity (Wildman–Crippen MR) is 93.6 cm³/mol. The molecule has 3 rings (SSSR count). The summed E-state index contributed by atoms with van der Waals surface area (Å²) < 4.78 is 43.3. The van der Waals surface area contributed by atoms with Crippen molar-refractivity contribution in [2.24, 2.45) is 7.05 Å². The molecule has 0 unspecified atom stereocenters. The van der Waals surface area contributed by atoms with Crippen molar-refractivity contribution in [3.05, 3.63) is 65.1 Å². The second-order valence-corrected chi connectivity index (χ2v) is 7.61. The normalized spacial score (nSPS) is 11.5. The van der Waals surface area contributed by atoms with Crippen molar-refractivity contribution in [3.63, 3.8) is 0 Å². The van der Waals surface area contributed by atoms with Crippen molar-refractivity contribution in [1.82, 2.24) is 9.55 Å². The smallest absolute Gasteiger partial charge is 0.264 e. The molecule has 0 bridgehead atoms. The summed E-state index contributed by atoms with van der Waals surface area (Å²) in [7, 11) is -2.20. The number of nitrogens with one attached hydrogen (secondary N) is 1. The fourth-order valence-corrected chi connectivity index (χ4v) is 3.92. The maximum absolute atomic E-state index is 14.1. The Morgan fingerprint density at radius 3 is 2.67 bits per heavy atom. The molecule has 0 saturated heterocycles. The largest absolute Gasteiger partial charge is 0.334 e. The third-order valence-electron chi connectivity index (χ3n) is 3.40. The van der Waals surface area contributed by atoms with Crippen LogP contribution in [0.25, 0.3) is 11.4 Å². The summed E-state index contributed by atoms with van der Waals surface area (Å²) in [4.78, 5) is 3.81. The zero-order chi connectivity index (χ0) is 17.3. The average molecular weight is 410 g/mol. The number of aromatic nitrogens is 2. The molecular formula is C16H13BrFN3O2S. The van der Waals surface area contributed by atoms with Crippen molar-refractivity contribution in [1.29, 1.82) is 0 Å². The van der Waals surface area contributed by atoms with Crippen LogP contribution in [-0.4, -0.2) is 18.0 Å². The van der Waals surface area contributed by atoms with E-state index in [0.29, 0.717) is 11.5 Å². The molecule has 1 heterocycles. The summed E-state index contributed by atoms with van der Waals surface area (Å²) in [5.74, 6) is -0.130. The van der Waals surface area contributed by atoms with Crippen molar-refractivity contribution < 1.29 is 12.8 Å². The minimum Gasteiger partial charge on any atom is -0.334 e. The molecule has 0 spiro atoms. The number of aryl methyl sites for hydroxylation is 1. The highest BCUT2D eigenvalue weighted by Gasteiger charge is 2.21. The highest BCUT2D eigenvalue weighted by Crippen LogP contribution is 2.26. The van der Waals surface area contributed by atoms with Gasteiger partial charge in [-0.25, -0.2) is 17.8 Å². The predicted octanol–water partition coefficient (Wildman–Crippen LogP) is 3.79. The van der Waals surface area contributed by atoms with Crippen LogP contribution in [0.2, 0.25) is 0 Å². The van der Waals surface area contributed by atoms with Gasteiger partial charge >= 0.3 is 0 Å². The van der Waals surface area contributed by atoms with Gasteiger partial charge in [0, 0.05) is 30.7 Å². The molecule has 1 N–H and O–H groups in total. The summed E-state index contributed by atoms with van der Waals surface area (Å²) >= 11 is 2.99. The number of rotatable bonds is 4. The van der Waals surface area contributed by atoms with Crippen LogP contribution in [0.1, 0.15) is 0 Å². The Kier molecular flexibility index (Phi) is 4.42. The van der Waals surface area contributed by atoms with E-state index in [1.54, 1.807) is 30.6 Å². The number of sulfonamides is 1. The lowest BCUT2D eigenvalue weighted by Crippen LogP contribution is -2.14. The fraction of sp³-hybridized carbons (Fsp3) is 0.0625. The van der Waals surface area contributed by atoms with E-state index in [0.717, 1.165) is 5.56 Å². The fourth-order valence-electron chi connectivity index (χ4n) is 2.27. The highest BCUT2D eigenvalue weighted by atomic mass is 79.9. The number of benzene rings is 2. The first-order valence-electron chi connectivity index (χ1n) is 6.93. The van der Waals surface area contributed by atoms with Gasteiger partial charge in [-0.1, -0.05) is 18.2 Å². The Morgan fingerprint density at radius 1 is 1.21 bits per heavy atom. The van der Waals surface area contributed by atoms with Crippen LogP contribution in [-0.2, 0) is 17.1 Å². The average Bonchev–Trinajstić information content (AvgIpc) is 2.96. The summed E-state index contributed by atoms with van der Waals surface area (Å²) in [5.41, 5.74) is 1.08. The Labute approximate surface area is 147 Å². The van der Waals surface area contributed by atoms with Gasteiger partial charge in [-0.15, -0.1) is 0 Å². The van der Waals surface area contributed by atoms with Gasteiger partial charge in [0.05, 0.1) is 4.47 Å². The molecule has 0 radical (unpaired) electrons. The lowest BCUT2D eigenvalue weighted by Gasteiger charge is -2.11. The third kappa shape index (κ3) is 3.20. The first-order chi connectivity index (χ1) is 11.4. The number of hydrogen-bond acceptors (Lipinski definition) is 3. The van der Waals surface area contributed by atoms with Crippen LogP contribution >= 0.6 is 15.9 Å². The minimum absolute atomic E-state index is 0.0899. The number of nitrogens with zero attached hydrogens (tertiary/aromatic N) is 2.